The van der Waals surface area contributed by atoms with Crippen molar-refractivity contribution in [3.05, 3.63) is 41.6 Å². The second-order valence-corrected chi connectivity index (χ2v) is 13.8. The van der Waals surface area contributed by atoms with E-state index in [0.29, 0.717) is 36.2 Å². The number of pyridine rings is 1. The summed E-state index contributed by atoms with van der Waals surface area (Å²) in [6.07, 6.45) is 7.78. The third kappa shape index (κ3) is 5.98. The van der Waals surface area contributed by atoms with Crippen molar-refractivity contribution in [2.24, 2.45) is 17.4 Å². The number of imidazole rings is 1. The summed E-state index contributed by atoms with van der Waals surface area (Å²) in [7, 11) is 1.66. The molecule has 1 aromatic carbocycles. The first-order valence-corrected chi connectivity index (χ1v) is 17.4. The number of rotatable bonds is 13. The largest absolute Gasteiger partial charge is 0.494 e. The smallest absolute Gasteiger partial charge is 0.254 e. The van der Waals surface area contributed by atoms with Gasteiger partial charge in [-0.3, -0.25) is 9.59 Å². The summed E-state index contributed by atoms with van der Waals surface area (Å²) >= 11 is 0. The maximum absolute atomic E-state index is 14.0. The molecular weight excluding hydrogens is 597 g/mol. The number of primary amides is 1. The zero-order valence-corrected chi connectivity index (χ0v) is 27.5. The minimum Gasteiger partial charge on any atom is -0.494 e. The van der Waals surface area contributed by atoms with E-state index in [-0.39, 0.29) is 24.4 Å². The zero-order valence-electron chi connectivity index (χ0n) is 27.5. The van der Waals surface area contributed by atoms with Gasteiger partial charge in [-0.2, -0.15) is 0 Å². The standard InChI is InChI=1S/C36H46FN7O3/c1-3-24-11-9-22-18-30(42(34(22)40-24)15-7-5-4-6-8-27(37)33(39)45)35-41-29-17-23(19-31(47-2)32(29)44(35)25-13-14-25)36(46)43-20-28(38)21-10-12-26(43)16-21/h9,11,17-19,21,25-28H,3-8,10,12-16,20,38H2,1-2H3,(H2,39,45). The first-order chi connectivity index (χ1) is 22.8. The molecule has 250 valence electrons. The number of nitrogens with two attached hydrogens (primary N) is 2. The fourth-order valence-electron chi connectivity index (χ4n) is 7.81. The highest BCUT2D eigenvalue weighted by Gasteiger charge is 2.41. The van der Waals surface area contributed by atoms with Gasteiger partial charge in [0.25, 0.3) is 11.8 Å². The third-order valence-corrected chi connectivity index (χ3v) is 10.6. The van der Waals surface area contributed by atoms with E-state index in [0.717, 1.165) is 104 Å². The number of ether oxygens (including phenoxy) is 1. The summed E-state index contributed by atoms with van der Waals surface area (Å²) in [6, 6.07) is 10.7. The summed E-state index contributed by atoms with van der Waals surface area (Å²) in [5.74, 6) is 1.12. The van der Waals surface area contributed by atoms with Crippen LogP contribution in [-0.4, -0.2) is 67.7 Å². The van der Waals surface area contributed by atoms with Crippen LogP contribution in [0, 0.1) is 5.92 Å². The Morgan fingerprint density at radius 2 is 1.83 bits per heavy atom. The lowest BCUT2D eigenvalue weighted by molar-refractivity contribution is -0.122. The van der Waals surface area contributed by atoms with Gasteiger partial charge in [0.05, 0.1) is 18.3 Å². The van der Waals surface area contributed by atoms with E-state index in [2.05, 4.69) is 34.3 Å². The van der Waals surface area contributed by atoms with Crippen LogP contribution in [0.1, 0.15) is 93.2 Å². The fourth-order valence-corrected chi connectivity index (χ4v) is 7.81. The Morgan fingerprint density at radius 1 is 1.04 bits per heavy atom. The molecule has 2 bridgehead atoms. The predicted octanol–water partition coefficient (Wildman–Crippen LogP) is 5.68. The maximum Gasteiger partial charge on any atom is 0.254 e. The molecule has 0 spiro atoms. The molecule has 4 heterocycles. The quantitative estimate of drug-likeness (QED) is 0.180. The van der Waals surface area contributed by atoms with Crippen LogP contribution in [0.5, 0.6) is 5.75 Å². The molecule has 2 aliphatic carbocycles. The summed E-state index contributed by atoms with van der Waals surface area (Å²) in [6.45, 7) is 3.41. The number of benzene rings is 1. The van der Waals surface area contributed by atoms with Gasteiger partial charge in [-0.25, -0.2) is 14.4 Å². The van der Waals surface area contributed by atoms with Gasteiger partial charge >= 0.3 is 0 Å². The normalized spacial score (nSPS) is 21.5. The Balaban J connectivity index is 1.25. The number of hydrogen-bond acceptors (Lipinski definition) is 6. The van der Waals surface area contributed by atoms with Crippen molar-refractivity contribution in [2.75, 3.05) is 13.7 Å². The molecule has 1 aliphatic heterocycles. The highest BCUT2D eigenvalue weighted by Crippen LogP contribution is 2.45. The highest BCUT2D eigenvalue weighted by atomic mass is 19.1. The van der Waals surface area contributed by atoms with Crippen LogP contribution in [0.15, 0.2) is 30.3 Å². The number of methoxy groups -OCH3 is 1. The Bertz CT molecular complexity index is 1810. The lowest BCUT2D eigenvalue weighted by atomic mass is 9.94. The molecule has 3 aliphatic rings. The minimum atomic E-state index is -1.58. The minimum absolute atomic E-state index is 0.00570. The number of fused-ring (bicyclic) bond motifs is 4. The van der Waals surface area contributed by atoms with E-state index in [4.69, 9.17) is 26.2 Å². The molecule has 10 nitrogen and oxygen atoms in total. The molecular formula is C36H46FN7O3. The molecule has 2 saturated carbocycles. The number of carbonyl (C=O) groups is 2. The maximum atomic E-state index is 14.0. The number of piperidine rings is 1. The number of carbonyl (C=O) groups excluding carboxylic acids is 2. The van der Waals surface area contributed by atoms with Crippen LogP contribution in [0.25, 0.3) is 33.6 Å². The molecule has 1 saturated heterocycles. The van der Waals surface area contributed by atoms with E-state index in [1.165, 1.54) is 0 Å². The van der Waals surface area contributed by atoms with Crippen molar-refractivity contribution < 1.29 is 18.7 Å². The van der Waals surface area contributed by atoms with Crippen LogP contribution < -0.4 is 16.2 Å². The lowest BCUT2D eigenvalue weighted by Gasteiger charge is -2.37. The molecule has 4 unspecified atom stereocenters. The van der Waals surface area contributed by atoms with Gasteiger partial charge in [0.2, 0.25) is 0 Å². The molecule has 47 heavy (non-hydrogen) atoms. The van der Waals surface area contributed by atoms with E-state index in [9.17, 15) is 14.0 Å². The molecule has 4 atom stereocenters. The van der Waals surface area contributed by atoms with Gasteiger partial charge in [0, 0.05) is 47.9 Å². The lowest BCUT2D eigenvalue weighted by Crippen LogP contribution is -2.51. The number of likely N-dealkylation sites (tertiary alicyclic amines) is 1. The molecule has 2 amide bonds. The van der Waals surface area contributed by atoms with Crippen molar-refractivity contribution in [1.82, 2.24) is 24.0 Å². The van der Waals surface area contributed by atoms with Gasteiger partial charge in [-0.1, -0.05) is 26.2 Å². The summed E-state index contributed by atoms with van der Waals surface area (Å²) in [4.78, 5) is 37.3. The molecule has 0 radical (unpaired) electrons. The Kier molecular flexibility index (Phi) is 8.67. The molecule has 4 N–H and O–H groups in total. The Morgan fingerprint density at radius 3 is 2.57 bits per heavy atom. The number of aryl methyl sites for hydroxylation is 2. The third-order valence-electron chi connectivity index (χ3n) is 10.6. The Labute approximate surface area is 274 Å². The van der Waals surface area contributed by atoms with E-state index in [1.807, 2.05) is 17.0 Å². The second kappa shape index (κ2) is 12.9. The number of nitrogens with zero attached hydrogens (tertiary/aromatic N) is 5. The van der Waals surface area contributed by atoms with Gasteiger partial charge in [0.15, 0.2) is 12.0 Å². The molecule has 4 aromatic rings. The summed E-state index contributed by atoms with van der Waals surface area (Å²) < 4.78 is 24.2. The summed E-state index contributed by atoms with van der Waals surface area (Å²) in [5.41, 5.74) is 16.7. The van der Waals surface area contributed by atoms with Crippen molar-refractivity contribution in [1.29, 1.82) is 0 Å². The van der Waals surface area contributed by atoms with Crippen molar-refractivity contribution in [3.63, 3.8) is 0 Å². The monoisotopic (exact) mass is 643 g/mol. The fraction of sp³-hybridized carbons (Fsp3) is 0.556. The van der Waals surface area contributed by atoms with Crippen molar-refractivity contribution >= 4 is 33.9 Å². The topological polar surface area (TPSA) is 134 Å². The average molecular weight is 644 g/mol. The van der Waals surface area contributed by atoms with Crippen LogP contribution in [0.4, 0.5) is 4.39 Å². The van der Waals surface area contributed by atoms with Gasteiger partial charge in [0.1, 0.15) is 16.9 Å². The van der Waals surface area contributed by atoms with Crippen LogP contribution >= 0.6 is 0 Å². The van der Waals surface area contributed by atoms with Gasteiger partial charge < -0.3 is 30.2 Å². The predicted molar refractivity (Wildman–Crippen MR) is 180 cm³/mol. The molecule has 3 aromatic heterocycles. The zero-order chi connectivity index (χ0) is 32.8. The SMILES string of the molecule is CCc1ccc2cc(-c3nc4cc(C(=O)N5CC(N)C6CCC5C6)cc(OC)c4n3C3CC3)n(CCCCCCC(F)C(N)=O)c2n1. The van der Waals surface area contributed by atoms with Gasteiger partial charge in [-0.05, 0) is 87.6 Å². The number of amides is 2. The van der Waals surface area contributed by atoms with E-state index < -0.39 is 12.1 Å². The number of aromatic nitrogens is 4. The van der Waals surface area contributed by atoms with E-state index in [1.54, 1.807) is 7.11 Å². The van der Waals surface area contributed by atoms with Crippen LogP contribution in [0.3, 0.4) is 0 Å². The van der Waals surface area contributed by atoms with Gasteiger partial charge in [-0.15, -0.1) is 0 Å². The van der Waals surface area contributed by atoms with Crippen LogP contribution in [-0.2, 0) is 17.8 Å². The first-order valence-electron chi connectivity index (χ1n) is 17.4. The first kappa shape index (κ1) is 31.6. The highest BCUT2D eigenvalue weighted by molar-refractivity contribution is 6.00. The molecule has 11 heteroatoms. The number of hydrogen-bond donors (Lipinski definition) is 2. The number of unbranched alkanes of at least 4 members (excludes halogenated alkanes) is 3. The molecule has 7 rings (SSSR count). The molecule has 3 fully saturated rings. The number of halogens is 1. The van der Waals surface area contributed by atoms with E-state index >= 15 is 0 Å². The number of alkyl halides is 1. The van der Waals surface area contributed by atoms with Crippen LogP contribution in [0.2, 0.25) is 0 Å². The summed E-state index contributed by atoms with van der Waals surface area (Å²) in [5, 5.41) is 1.05. The van der Waals surface area contributed by atoms with Crippen molar-refractivity contribution in [2.45, 2.75) is 108 Å². The van der Waals surface area contributed by atoms with Crippen molar-refractivity contribution in [3.8, 4) is 17.3 Å². The Hall–Kier alpha value is -3.99. The second-order valence-electron chi connectivity index (χ2n) is 13.8. The average Bonchev–Trinajstić information content (AvgIpc) is 3.55.